The van der Waals surface area contributed by atoms with Crippen LogP contribution in [0.15, 0.2) is 30.3 Å². The summed E-state index contributed by atoms with van der Waals surface area (Å²) in [6.45, 7) is 2.97. The fraction of sp³-hybridized carbons (Fsp3) is 0.273. The van der Waals surface area contributed by atoms with Crippen LogP contribution in [0, 0.1) is 0 Å². The second-order valence-electron chi connectivity index (χ2n) is 7.40. The van der Waals surface area contributed by atoms with Crippen molar-refractivity contribution in [3.63, 3.8) is 0 Å². The SMILES string of the molecule is CC[C@@H]1CNc2c(sc3ccc4nc(Oc5cc(Cl)nc(COC)n5)ccc4c23)C(=O)N1. The molecule has 1 atom stereocenters. The van der Waals surface area contributed by atoms with Crippen LogP contribution in [-0.4, -0.2) is 40.6 Å². The Balaban J connectivity index is 1.54. The first kappa shape index (κ1) is 20.9. The van der Waals surface area contributed by atoms with Crippen molar-refractivity contribution in [1.82, 2.24) is 20.3 Å². The molecule has 0 spiro atoms. The second-order valence-corrected chi connectivity index (χ2v) is 8.84. The largest absolute Gasteiger partial charge is 0.421 e. The molecule has 2 N–H and O–H groups in total. The van der Waals surface area contributed by atoms with E-state index >= 15 is 0 Å². The number of rotatable bonds is 5. The summed E-state index contributed by atoms with van der Waals surface area (Å²) in [5.41, 5.74) is 1.62. The normalized spacial score (nSPS) is 15.8. The van der Waals surface area contributed by atoms with Crippen molar-refractivity contribution in [3.05, 3.63) is 46.2 Å². The molecule has 0 saturated carbocycles. The predicted molar refractivity (Wildman–Crippen MR) is 125 cm³/mol. The number of nitrogens with zero attached hydrogens (tertiary/aromatic N) is 3. The summed E-state index contributed by atoms with van der Waals surface area (Å²) in [7, 11) is 1.56. The van der Waals surface area contributed by atoms with Crippen molar-refractivity contribution in [3.8, 4) is 11.8 Å². The van der Waals surface area contributed by atoms with E-state index < -0.39 is 0 Å². The van der Waals surface area contributed by atoms with Gasteiger partial charge in [-0.3, -0.25) is 4.79 Å². The molecule has 1 aliphatic rings. The van der Waals surface area contributed by atoms with Crippen molar-refractivity contribution in [1.29, 1.82) is 0 Å². The highest BCUT2D eigenvalue weighted by molar-refractivity contribution is 7.21. The van der Waals surface area contributed by atoms with E-state index in [0.29, 0.717) is 29.0 Å². The van der Waals surface area contributed by atoms with E-state index in [1.165, 1.54) is 17.4 Å². The molecule has 0 saturated heterocycles. The van der Waals surface area contributed by atoms with Gasteiger partial charge in [-0.25, -0.2) is 9.97 Å². The number of amides is 1. The van der Waals surface area contributed by atoms with Gasteiger partial charge in [-0.05, 0) is 24.6 Å². The summed E-state index contributed by atoms with van der Waals surface area (Å²) >= 11 is 7.55. The lowest BCUT2D eigenvalue weighted by atomic mass is 10.1. The number of carbonyl (C=O) groups excluding carboxylic acids is 1. The molecule has 3 aromatic heterocycles. The zero-order valence-electron chi connectivity index (χ0n) is 17.4. The predicted octanol–water partition coefficient (Wildman–Crippen LogP) is 4.77. The molecular formula is C22H20ClN5O3S. The van der Waals surface area contributed by atoms with Crippen LogP contribution in [0.3, 0.4) is 0 Å². The maximum Gasteiger partial charge on any atom is 0.263 e. The lowest BCUT2D eigenvalue weighted by molar-refractivity contribution is 0.0945. The summed E-state index contributed by atoms with van der Waals surface area (Å²) in [5.74, 6) is 1.06. The highest BCUT2D eigenvalue weighted by Crippen LogP contribution is 2.41. The number of hydrogen-bond donors (Lipinski definition) is 2. The Labute approximate surface area is 192 Å². The van der Waals surface area contributed by atoms with Crippen LogP contribution < -0.4 is 15.4 Å². The van der Waals surface area contributed by atoms with Crippen molar-refractivity contribution < 1.29 is 14.3 Å². The Morgan fingerprint density at radius 2 is 2.06 bits per heavy atom. The minimum absolute atomic E-state index is 0.0355. The van der Waals surface area contributed by atoms with Crippen molar-refractivity contribution in [2.45, 2.75) is 26.0 Å². The number of nitrogens with one attached hydrogen (secondary N) is 2. The van der Waals surface area contributed by atoms with Crippen LogP contribution in [0.2, 0.25) is 5.15 Å². The molecule has 1 amide bonds. The number of hydrogen-bond acceptors (Lipinski definition) is 8. The summed E-state index contributed by atoms with van der Waals surface area (Å²) in [4.78, 5) is 26.5. The number of aromatic nitrogens is 3. The van der Waals surface area contributed by atoms with Gasteiger partial charge in [0.2, 0.25) is 11.8 Å². The molecule has 0 radical (unpaired) electrons. The molecule has 0 unspecified atom stereocenters. The van der Waals surface area contributed by atoms with Gasteiger partial charge in [0.1, 0.15) is 16.6 Å². The van der Waals surface area contributed by atoms with Gasteiger partial charge in [0.05, 0.1) is 11.2 Å². The summed E-state index contributed by atoms with van der Waals surface area (Å²) in [6, 6.07) is 9.28. The number of carbonyl (C=O) groups is 1. The van der Waals surface area contributed by atoms with Gasteiger partial charge in [0.15, 0.2) is 5.82 Å². The summed E-state index contributed by atoms with van der Waals surface area (Å²) in [5, 5.41) is 8.78. The van der Waals surface area contributed by atoms with E-state index in [-0.39, 0.29) is 23.7 Å². The molecule has 10 heteroatoms. The summed E-state index contributed by atoms with van der Waals surface area (Å²) in [6.07, 6.45) is 0.869. The Kier molecular flexibility index (Phi) is 5.54. The van der Waals surface area contributed by atoms with E-state index in [2.05, 4.69) is 32.5 Å². The van der Waals surface area contributed by atoms with Gasteiger partial charge in [-0.1, -0.05) is 18.5 Å². The van der Waals surface area contributed by atoms with Crippen molar-refractivity contribution in [2.24, 2.45) is 0 Å². The van der Waals surface area contributed by atoms with Crippen LogP contribution in [-0.2, 0) is 11.3 Å². The number of benzene rings is 1. The number of anilines is 1. The average molecular weight is 470 g/mol. The van der Waals surface area contributed by atoms with E-state index in [4.69, 9.17) is 21.1 Å². The standard InChI is InChI=1S/C22H20ClN5O3S/c1-3-11-9-24-20-19-12-4-7-17(31-18-8-15(23)27-16(28-18)10-30-2)26-13(12)5-6-14(19)32-21(20)22(29)25-11/h4-8,11,24H,3,9-10H2,1-2H3,(H,25,29)/t11-/m1/s1. The number of thiophene rings is 1. The molecule has 4 heterocycles. The van der Waals surface area contributed by atoms with E-state index in [9.17, 15) is 4.79 Å². The third-order valence-corrected chi connectivity index (χ3v) is 6.60. The quantitative estimate of drug-likeness (QED) is 0.406. The maximum atomic E-state index is 12.7. The third-order valence-electron chi connectivity index (χ3n) is 5.26. The van der Waals surface area contributed by atoms with E-state index in [0.717, 1.165) is 33.1 Å². The lowest BCUT2D eigenvalue weighted by Crippen LogP contribution is -2.36. The van der Waals surface area contributed by atoms with Gasteiger partial charge < -0.3 is 20.1 Å². The zero-order valence-corrected chi connectivity index (χ0v) is 19.0. The minimum atomic E-state index is -0.0355. The molecular weight excluding hydrogens is 450 g/mol. The Hall–Kier alpha value is -3.01. The van der Waals surface area contributed by atoms with E-state index in [1.807, 2.05) is 18.2 Å². The number of pyridine rings is 1. The van der Waals surface area contributed by atoms with Gasteiger partial charge in [-0.2, -0.15) is 4.98 Å². The first-order valence-electron chi connectivity index (χ1n) is 10.2. The van der Waals surface area contributed by atoms with Gasteiger partial charge in [-0.15, -0.1) is 11.3 Å². The highest BCUT2D eigenvalue weighted by Gasteiger charge is 2.25. The molecule has 1 aliphatic heterocycles. The lowest BCUT2D eigenvalue weighted by Gasteiger charge is -2.13. The fourth-order valence-corrected chi connectivity index (χ4v) is 5.03. The maximum absolute atomic E-state index is 12.7. The first-order valence-corrected chi connectivity index (χ1v) is 11.4. The van der Waals surface area contributed by atoms with E-state index in [1.54, 1.807) is 13.2 Å². The monoisotopic (exact) mass is 469 g/mol. The molecule has 4 aromatic rings. The second kappa shape index (κ2) is 8.50. The van der Waals surface area contributed by atoms with Crippen LogP contribution in [0.4, 0.5) is 5.69 Å². The van der Waals surface area contributed by atoms with Crippen LogP contribution in [0.1, 0.15) is 28.8 Å². The zero-order chi connectivity index (χ0) is 22.2. The molecule has 0 aliphatic carbocycles. The topological polar surface area (TPSA) is 98.3 Å². The van der Waals surface area contributed by atoms with Gasteiger partial charge in [0.25, 0.3) is 5.91 Å². The Bertz CT molecular complexity index is 1340. The number of halogens is 1. The summed E-state index contributed by atoms with van der Waals surface area (Å²) < 4.78 is 11.9. The van der Waals surface area contributed by atoms with Crippen molar-refractivity contribution in [2.75, 3.05) is 19.0 Å². The third kappa shape index (κ3) is 3.83. The Morgan fingerprint density at radius 1 is 1.19 bits per heavy atom. The molecule has 5 rings (SSSR count). The first-order chi connectivity index (χ1) is 15.6. The number of fused-ring (bicyclic) bond motifs is 5. The fourth-order valence-electron chi connectivity index (χ4n) is 3.74. The number of methoxy groups -OCH3 is 1. The average Bonchev–Trinajstić information content (AvgIpc) is 3.07. The smallest absolute Gasteiger partial charge is 0.263 e. The Morgan fingerprint density at radius 3 is 2.88 bits per heavy atom. The van der Waals surface area contributed by atoms with Crippen LogP contribution in [0.25, 0.3) is 21.0 Å². The van der Waals surface area contributed by atoms with Crippen LogP contribution in [0.5, 0.6) is 11.8 Å². The van der Waals surface area contributed by atoms with Crippen molar-refractivity contribution >= 4 is 55.5 Å². The molecule has 164 valence electrons. The molecule has 0 bridgehead atoms. The molecule has 1 aromatic carbocycles. The minimum Gasteiger partial charge on any atom is -0.421 e. The number of ether oxygens (including phenoxy) is 2. The molecule has 8 nitrogen and oxygen atoms in total. The van der Waals surface area contributed by atoms with Crippen LogP contribution >= 0.6 is 22.9 Å². The van der Waals surface area contributed by atoms with Gasteiger partial charge >= 0.3 is 0 Å². The molecule has 0 fully saturated rings. The highest BCUT2D eigenvalue weighted by atomic mass is 35.5. The molecule has 32 heavy (non-hydrogen) atoms. The van der Waals surface area contributed by atoms with Gasteiger partial charge in [0, 0.05) is 47.3 Å².